The molecule has 0 spiro atoms. The standard InChI is InChI=1S/C14H14Br2N2O2S2/c15-12-10-13(21-14(12)16)22(19,20)18-8-6-17(7-9-18)11-4-2-1-3-5-11/h1-5,10H,6-9H2. The van der Waals surface area contributed by atoms with Crippen LogP contribution < -0.4 is 4.90 Å². The van der Waals surface area contributed by atoms with Gasteiger partial charge < -0.3 is 4.90 Å². The van der Waals surface area contributed by atoms with E-state index in [1.807, 2.05) is 18.2 Å². The molecule has 1 saturated heterocycles. The van der Waals surface area contributed by atoms with E-state index in [4.69, 9.17) is 0 Å². The summed E-state index contributed by atoms with van der Waals surface area (Å²) in [5.41, 5.74) is 1.14. The highest BCUT2D eigenvalue weighted by molar-refractivity contribution is 9.13. The molecule has 2 heterocycles. The average Bonchev–Trinajstić information content (AvgIpc) is 2.88. The van der Waals surface area contributed by atoms with E-state index in [-0.39, 0.29) is 0 Å². The Morgan fingerprint density at radius 3 is 2.18 bits per heavy atom. The summed E-state index contributed by atoms with van der Waals surface area (Å²) in [6.45, 7) is 2.42. The predicted molar refractivity (Wildman–Crippen MR) is 97.1 cm³/mol. The van der Waals surface area contributed by atoms with Gasteiger partial charge in [-0.1, -0.05) is 18.2 Å². The molecule has 0 saturated carbocycles. The molecular formula is C14H14Br2N2O2S2. The van der Waals surface area contributed by atoms with Gasteiger partial charge in [0.1, 0.15) is 4.21 Å². The van der Waals surface area contributed by atoms with Crippen molar-refractivity contribution in [3.63, 3.8) is 0 Å². The SMILES string of the molecule is O=S(=O)(c1cc(Br)c(Br)s1)N1CCN(c2ccccc2)CC1. The summed E-state index contributed by atoms with van der Waals surface area (Å²) in [5, 5.41) is 0. The van der Waals surface area contributed by atoms with E-state index >= 15 is 0 Å². The number of piperazine rings is 1. The summed E-state index contributed by atoms with van der Waals surface area (Å²) in [5.74, 6) is 0. The van der Waals surface area contributed by atoms with Crippen molar-refractivity contribution >= 4 is 58.9 Å². The highest BCUT2D eigenvalue weighted by Gasteiger charge is 2.30. The third-order valence-electron chi connectivity index (χ3n) is 3.58. The number of halogens is 2. The molecule has 4 nitrogen and oxygen atoms in total. The second-order valence-electron chi connectivity index (χ2n) is 4.91. The molecule has 0 aliphatic carbocycles. The number of para-hydroxylation sites is 1. The lowest BCUT2D eigenvalue weighted by atomic mass is 10.2. The van der Waals surface area contributed by atoms with Crippen molar-refractivity contribution in [2.75, 3.05) is 31.1 Å². The average molecular weight is 466 g/mol. The summed E-state index contributed by atoms with van der Waals surface area (Å²) in [6, 6.07) is 11.7. The maximum atomic E-state index is 12.7. The van der Waals surface area contributed by atoms with Gasteiger partial charge in [0.15, 0.2) is 0 Å². The Hall–Kier alpha value is -0.410. The van der Waals surface area contributed by atoms with Gasteiger partial charge in [0, 0.05) is 36.3 Å². The van der Waals surface area contributed by atoms with Crippen molar-refractivity contribution < 1.29 is 8.42 Å². The van der Waals surface area contributed by atoms with Gasteiger partial charge in [-0.15, -0.1) is 11.3 Å². The number of hydrogen-bond acceptors (Lipinski definition) is 4. The first-order valence-corrected chi connectivity index (χ1v) is 10.6. The number of hydrogen-bond donors (Lipinski definition) is 0. The Labute approximate surface area is 151 Å². The highest BCUT2D eigenvalue weighted by atomic mass is 79.9. The molecule has 1 aromatic carbocycles. The second-order valence-corrected chi connectivity index (χ2v) is 10.3. The van der Waals surface area contributed by atoms with Crippen LogP contribution in [-0.2, 0) is 10.0 Å². The first-order chi connectivity index (χ1) is 10.5. The first kappa shape index (κ1) is 16.4. The van der Waals surface area contributed by atoms with Gasteiger partial charge in [-0.2, -0.15) is 4.31 Å². The van der Waals surface area contributed by atoms with Crippen LogP contribution in [0.3, 0.4) is 0 Å². The van der Waals surface area contributed by atoms with Gasteiger partial charge >= 0.3 is 0 Å². The van der Waals surface area contributed by atoms with Crippen LogP contribution in [0.25, 0.3) is 0 Å². The largest absolute Gasteiger partial charge is 0.369 e. The zero-order valence-corrected chi connectivity index (χ0v) is 16.4. The molecule has 0 bridgehead atoms. The predicted octanol–water partition coefficient (Wildman–Crippen LogP) is 3.78. The fourth-order valence-electron chi connectivity index (χ4n) is 2.41. The Kier molecular flexibility index (Phi) is 4.94. The minimum atomic E-state index is -3.40. The van der Waals surface area contributed by atoms with Gasteiger partial charge in [-0.25, -0.2) is 8.42 Å². The van der Waals surface area contributed by atoms with Gasteiger partial charge in [0.25, 0.3) is 10.0 Å². The van der Waals surface area contributed by atoms with Crippen molar-refractivity contribution in [2.24, 2.45) is 0 Å². The zero-order chi connectivity index (χ0) is 15.7. The Morgan fingerprint density at radius 2 is 1.64 bits per heavy atom. The van der Waals surface area contributed by atoms with Crippen LogP contribution in [0.5, 0.6) is 0 Å². The summed E-state index contributed by atoms with van der Waals surface area (Å²) >= 11 is 7.94. The maximum absolute atomic E-state index is 12.7. The minimum Gasteiger partial charge on any atom is -0.369 e. The molecule has 118 valence electrons. The van der Waals surface area contributed by atoms with Gasteiger partial charge in [-0.05, 0) is 50.1 Å². The topological polar surface area (TPSA) is 40.6 Å². The monoisotopic (exact) mass is 464 g/mol. The minimum absolute atomic E-state index is 0.374. The van der Waals surface area contributed by atoms with Crippen molar-refractivity contribution in [1.29, 1.82) is 0 Å². The van der Waals surface area contributed by atoms with Crippen molar-refractivity contribution in [2.45, 2.75) is 4.21 Å². The molecule has 0 atom stereocenters. The maximum Gasteiger partial charge on any atom is 0.252 e. The van der Waals surface area contributed by atoms with Crippen LogP contribution in [0, 0.1) is 0 Å². The van der Waals surface area contributed by atoms with Gasteiger partial charge in [-0.3, -0.25) is 0 Å². The Balaban J connectivity index is 1.73. The summed E-state index contributed by atoms with van der Waals surface area (Å²) in [7, 11) is -3.40. The number of anilines is 1. The molecule has 22 heavy (non-hydrogen) atoms. The van der Waals surface area contributed by atoms with Crippen LogP contribution >= 0.6 is 43.2 Å². The van der Waals surface area contributed by atoms with Gasteiger partial charge in [0.2, 0.25) is 0 Å². The van der Waals surface area contributed by atoms with E-state index in [1.54, 1.807) is 10.4 Å². The van der Waals surface area contributed by atoms with E-state index in [1.165, 1.54) is 11.3 Å². The Morgan fingerprint density at radius 1 is 1.00 bits per heavy atom. The molecule has 0 amide bonds. The molecule has 0 unspecified atom stereocenters. The van der Waals surface area contributed by atoms with Gasteiger partial charge in [0.05, 0.1) is 3.79 Å². The third-order valence-corrected chi connectivity index (χ3v) is 9.18. The van der Waals surface area contributed by atoms with E-state index in [0.717, 1.165) is 13.9 Å². The van der Waals surface area contributed by atoms with Crippen molar-refractivity contribution in [3.05, 3.63) is 44.7 Å². The smallest absolute Gasteiger partial charge is 0.252 e. The zero-order valence-electron chi connectivity index (χ0n) is 11.6. The van der Waals surface area contributed by atoms with E-state index in [0.29, 0.717) is 30.4 Å². The molecule has 1 aliphatic rings. The van der Waals surface area contributed by atoms with Crippen LogP contribution in [0.4, 0.5) is 5.69 Å². The van der Waals surface area contributed by atoms with Crippen LogP contribution in [0.1, 0.15) is 0 Å². The molecular weight excluding hydrogens is 452 g/mol. The normalized spacial score (nSPS) is 16.9. The number of nitrogens with zero attached hydrogens (tertiary/aromatic N) is 2. The number of thiophene rings is 1. The number of rotatable bonds is 3. The lowest BCUT2D eigenvalue weighted by Gasteiger charge is -2.35. The van der Waals surface area contributed by atoms with Crippen molar-refractivity contribution in [3.8, 4) is 0 Å². The lowest BCUT2D eigenvalue weighted by molar-refractivity contribution is 0.386. The Bertz CT molecular complexity index is 735. The van der Waals surface area contributed by atoms with Crippen LogP contribution in [0.15, 0.2) is 48.9 Å². The molecule has 3 rings (SSSR count). The molecule has 1 fully saturated rings. The lowest BCUT2D eigenvalue weighted by Crippen LogP contribution is -2.48. The summed E-state index contributed by atoms with van der Waals surface area (Å²) in [4.78, 5) is 2.21. The summed E-state index contributed by atoms with van der Waals surface area (Å²) in [6.07, 6.45) is 0. The van der Waals surface area contributed by atoms with Crippen molar-refractivity contribution in [1.82, 2.24) is 4.31 Å². The van der Waals surface area contributed by atoms with E-state index < -0.39 is 10.0 Å². The third kappa shape index (κ3) is 3.26. The molecule has 0 radical (unpaired) electrons. The number of sulfonamides is 1. The summed E-state index contributed by atoms with van der Waals surface area (Å²) < 4.78 is 28.9. The van der Waals surface area contributed by atoms with E-state index in [9.17, 15) is 8.42 Å². The molecule has 1 aromatic heterocycles. The quantitative estimate of drug-likeness (QED) is 0.692. The molecule has 0 N–H and O–H groups in total. The fourth-order valence-corrected chi connectivity index (χ4v) is 6.80. The van der Waals surface area contributed by atoms with E-state index in [2.05, 4.69) is 48.9 Å². The molecule has 2 aromatic rings. The number of benzene rings is 1. The van der Waals surface area contributed by atoms with Crippen LogP contribution in [-0.4, -0.2) is 38.9 Å². The highest BCUT2D eigenvalue weighted by Crippen LogP contribution is 2.36. The fraction of sp³-hybridized carbons (Fsp3) is 0.286. The molecule has 1 aliphatic heterocycles. The molecule has 8 heteroatoms. The van der Waals surface area contributed by atoms with Crippen LogP contribution in [0.2, 0.25) is 0 Å². The first-order valence-electron chi connectivity index (χ1n) is 6.73. The second kappa shape index (κ2) is 6.60.